The fourth-order valence-corrected chi connectivity index (χ4v) is 3.58. The SMILES string of the molecule is COc1ccc(CS(=O)(=O)c2[c]ccc(-c3noc(C(F)(F)F)n3)c2)cc1. The summed E-state index contributed by atoms with van der Waals surface area (Å²) in [5, 5.41) is 3.25. The van der Waals surface area contributed by atoms with Crippen LogP contribution < -0.4 is 4.74 Å². The highest BCUT2D eigenvalue weighted by molar-refractivity contribution is 7.90. The number of halogens is 3. The lowest BCUT2D eigenvalue weighted by atomic mass is 10.2. The molecule has 0 saturated heterocycles. The van der Waals surface area contributed by atoms with Crippen LogP contribution in [0.4, 0.5) is 13.2 Å². The molecule has 27 heavy (non-hydrogen) atoms. The molecule has 0 saturated carbocycles. The molecule has 0 aliphatic rings. The zero-order valence-corrected chi connectivity index (χ0v) is 14.6. The monoisotopic (exact) mass is 397 g/mol. The van der Waals surface area contributed by atoms with Crippen molar-refractivity contribution in [2.75, 3.05) is 7.11 Å². The van der Waals surface area contributed by atoms with Crippen molar-refractivity contribution in [3.05, 3.63) is 60.0 Å². The zero-order valence-electron chi connectivity index (χ0n) is 13.8. The summed E-state index contributed by atoms with van der Waals surface area (Å²) in [7, 11) is -2.30. The first kappa shape index (κ1) is 18.9. The molecular formula is C17H12F3N2O4S. The summed E-state index contributed by atoms with van der Waals surface area (Å²) in [5.41, 5.74) is 0.592. The average Bonchev–Trinajstić information content (AvgIpc) is 3.13. The number of hydrogen-bond acceptors (Lipinski definition) is 6. The Labute approximate surface area is 152 Å². The van der Waals surface area contributed by atoms with Gasteiger partial charge in [0.25, 0.3) is 0 Å². The van der Waals surface area contributed by atoms with Crippen LogP contribution in [0.15, 0.2) is 51.9 Å². The first-order valence-corrected chi connectivity index (χ1v) is 9.13. The van der Waals surface area contributed by atoms with Crippen LogP contribution in [0, 0.1) is 6.07 Å². The molecule has 141 valence electrons. The summed E-state index contributed by atoms with van der Waals surface area (Å²) in [6.07, 6.45) is -4.78. The van der Waals surface area contributed by atoms with Crippen molar-refractivity contribution in [1.29, 1.82) is 0 Å². The minimum atomic E-state index is -4.78. The van der Waals surface area contributed by atoms with E-state index in [1.165, 1.54) is 19.2 Å². The maximum Gasteiger partial charge on any atom is 0.471 e. The standard InChI is InChI=1S/C17H12F3N2O4S/c1-25-13-7-5-11(6-8-13)10-27(23,24)14-4-2-3-12(9-14)15-21-16(26-22-15)17(18,19)20/h2-3,5-9H,10H2,1H3. The Morgan fingerprint density at radius 1 is 1.19 bits per heavy atom. The molecule has 10 heteroatoms. The third-order valence-electron chi connectivity index (χ3n) is 3.55. The molecule has 0 atom stereocenters. The molecule has 2 aromatic carbocycles. The van der Waals surface area contributed by atoms with Gasteiger partial charge >= 0.3 is 12.1 Å². The lowest BCUT2D eigenvalue weighted by molar-refractivity contribution is -0.159. The highest BCUT2D eigenvalue weighted by atomic mass is 32.2. The topological polar surface area (TPSA) is 82.3 Å². The third-order valence-corrected chi connectivity index (χ3v) is 5.17. The van der Waals surface area contributed by atoms with Crippen LogP contribution in [0.5, 0.6) is 5.75 Å². The summed E-state index contributed by atoms with van der Waals surface area (Å²) >= 11 is 0. The van der Waals surface area contributed by atoms with Gasteiger partial charge in [0.15, 0.2) is 9.84 Å². The predicted molar refractivity (Wildman–Crippen MR) is 87.5 cm³/mol. The Kier molecular flexibility index (Phi) is 4.92. The Balaban J connectivity index is 1.88. The second-order valence-corrected chi connectivity index (χ2v) is 7.43. The quantitative estimate of drug-likeness (QED) is 0.655. The van der Waals surface area contributed by atoms with Crippen LogP contribution in [0.1, 0.15) is 11.5 Å². The Hall–Kier alpha value is -2.88. The van der Waals surface area contributed by atoms with Gasteiger partial charge in [-0.2, -0.15) is 18.2 Å². The van der Waals surface area contributed by atoms with Crippen molar-refractivity contribution in [3.8, 4) is 17.1 Å². The number of benzene rings is 2. The molecule has 0 amide bonds. The minimum Gasteiger partial charge on any atom is -0.497 e. The third kappa shape index (κ3) is 4.27. The predicted octanol–water partition coefficient (Wildman–Crippen LogP) is 3.54. The van der Waals surface area contributed by atoms with Gasteiger partial charge in [0, 0.05) is 11.6 Å². The summed E-state index contributed by atoms with van der Waals surface area (Å²) in [6, 6.07) is 12.8. The van der Waals surface area contributed by atoms with E-state index in [2.05, 4.69) is 20.7 Å². The molecular weight excluding hydrogens is 385 g/mol. The van der Waals surface area contributed by atoms with Crippen LogP contribution in [0.3, 0.4) is 0 Å². The molecule has 0 bridgehead atoms. The van der Waals surface area contributed by atoms with Crippen LogP contribution in [0.25, 0.3) is 11.4 Å². The number of methoxy groups -OCH3 is 1. The van der Waals surface area contributed by atoms with Gasteiger partial charge in [0.1, 0.15) is 5.75 Å². The molecule has 0 fully saturated rings. The van der Waals surface area contributed by atoms with Gasteiger partial charge in [-0.3, -0.25) is 0 Å². The molecule has 3 aromatic rings. The lowest BCUT2D eigenvalue weighted by Crippen LogP contribution is -2.06. The summed E-state index contributed by atoms with van der Waals surface area (Å²) in [4.78, 5) is 3.07. The van der Waals surface area contributed by atoms with Crippen molar-refractivity contribution in [2.24, 2.45) is 0 Å². The molecule has 1 heterocycles. The summed E-state index contributed by atoms with van der Waals surface area (Å²) in [6.45, 7) is 0. The van der Waals surface area contributed by atoms with Gasteiger partial charge < -0.3 is 9.26 Å². The number of nitrogens with zero attached hydrogens (tertiary/aromatic N) is 2. The average molecular weight is 397 g/mol. The van der Waals surface area contributed by atoms with Gasteiger partial charge in [-0.05, 0) is 23.8 Å². The van der Waals surface area contributed by atoms with Crippen LogP contribution in [-0.4, -0.2) is 25.7 Å². The van der Waals surface area contributed by atoms with Crippen molar-refractivity contribution in [3.63, 3.8) is 0 Å². The largest absolute Gasteiger partial charge is 0.497 e. The van der Waals surface area contributed by atoms with Gasteiger partial charge in [0.05, 0.1) is 17.8 Å². The molecule has 0 unspecified atom stereocenters. The number of hydrogen-bond donors (Lipinski definition) is 0. The van der Waals surface area contributed by atoms with E-state index in [-0.39, 0.29) is 22.0 Å². The molecule has 0 aliphatic heterocycles. The number of ether oxygens (including phenoxy) is 1. The van der Waals surface area contributed by atoms with E-state index >= 15 is 0 Å². The molecule has 0 aliphatic carbocycles. The fraction of sp³-hybridized carbons (Fsp3) is 0.176. The van der Waals surface area contributed by atoms with Crippen molar-refractivity contribution in [1.82, 2.24) is 10.1 Å². The van der Waals surface area contributed by atoms with Crippen LogP contribution >= 0.6 is 0 Å². The lowest BCUT2D eigenvalue weighted by Gasteiger charge is -2.06. The highest BCUT2D eigenvalue weighted by Crippen LogP contribution is 2.30. The maximum atomic E-state index is 12.6. The molecule has 0 N–H and O–H groups in total. The first-order valence-electron chi connectivity index (χ1n) is 7.48. The first-order chi connectivity index (χ1) is 12.7. The van der Waals surface area contributed by atoms with Crippen LogP contribution in [0.2, 0.25) is 0 Å². The Morgan fingerprint density at radius 3 is 2.48 bits per heavy atom. The second kappa shape index (κ2) is 7.03. The van der Waals surface area contributed by atoms with E-state index in [4.69, 9.17) is 4.74 Å². The number of aromatic nitrogens is 2. The van der Waals surface area contributed by atoms with E-state index < -0.39 is 21.9 Å². The highest BCUT2D eigenvalue weighted by Gasteiger charge is 2.38. The van der Waals surface area contributed by atoms with Gasteiger partial charge in [-0.25, -0.2) is 8.42 Å². The number of rotatable bonds is 5. The molecule has 1 aromatic heterocycles. The van der Waals surface area contributed by atoms with E-state index in [0.717, 1.165) is 6.07 Å². The molecule has 0 spiro atoms. The normalized spacial score (nSPS) is 12.1. The van der Waals surface area contributed by atoms with Crippen LogP contribution in [-0.2, 0) is 21.8 Å². The maximum absolute atomic E-state index is 12.6. The van der Waals surface area contributed by atoms with E-state index in [0.29, 0.717) is 11.3 Å². The number of alkyl halides is 3. The van der Waals surface area contributed by atoms with E-state index in [1.807, 2.05) is 0 Å². The van der Waals surface area contributed by atoms with E-state index in [9.17, 15) is 21.6 Å². The number of sulfone groups is 1. The van der Waals surface area contributed by atoms with Gasteiger partial charge in [0.2, 0.25) is 5.82 Å². The van der Waals surface area contributed by atoms with Crippen molar-refractivity contribution in [2.45, 2.75) is 16.8 Å². The summed E-state index contributed by atoms with van der Waals surface area (Å²) < 4.78 is 72.1. The minimum absolute atomic E-state index is 0.0707. The van der Waals surface area contributed by atoms with E-state index in [1.54, 1.807) is 24.3 Å². The molecule has 3 rings (SSSR count). The smallest absolute Gasteiger partial charge is 0.471 e. The molecule has 6 nitrogen and oxygen atoms in total. The second-order valence-electron chi connectivity index (χ2n) is 5.47. The zero-order chi connectivity index (χ0) is 19.7. The van der Waals surface area contributed by atoms with Crippen molar-refractivity contribution >= 4 is 9.84 Å². The summed E-state index contributed by atoms with van der Waals surface area (Å²) in [5.74, 6) is -1.59. The molecule has 1 radical (unpaired) electrons. The van der Waals surface area contributed by atoms with Gasteiger partial charge in [-0.1, -0.05) is 29.4 Å². The van der Waals surface area contributed by atoms with Crippen molar-refractivity contribution < 1.29 is 30.8 Å². The Morgan fingerprint density at radius 2 is 1.89 bits per heavy atom. The van der Waals surface area contributed by atoms with Gasteiger partial charge in [-0.15, -0.1) is 0 Å². The fourth-order valence-electron chi connectivity index (χ4n) is 2.24. The Bertz CT molecular complexity index is 1040.